The van der Waals surface area contributed by atoms with Crippen LogP contribution in [0.2, 0.25) is 0 Å². The zero-order valence-electron chi connectivity index (χ0n) is 19.0. The van der Waals surface area contributed by atoms with Crippen molar-refractivity contribution in [3.63, 3.8) is 0 Å². The lowest BCUT2D eigenvalue weighted by Crippen LogP contribution is -2.35. The van der Waals surface area contributed by atoms with Crippen molar-refractivity contribution in [2.24, 2.45) is 5.92 Å². The molecule has 1 fully saturated rings. The van der Waals surface area contributed by atoms with Gasteiger partial charge in [-0.1, -0.05) is 12.5 Å². The number of carbonyl (C=O) groups excluding carboxylic acids is 1. The van der Waals surface area contributed by atoms with Gasteiger partial charge in [0, 0.05) is 31.7 Å². The van der Waals surface area contributed by atoms with Crippen LogP contribution in [0.3, 0.4) is 0 Å². The van der Waals surface area contributed by atoms with E-state index in [0.717, 1.165) is 57.6 Å². The summed E-state index contributed by atoms with van der Waals surface area (Å²) in [5.41, 5.74) is 2.86. The van der Waals surface area contributed by atoms with Crippen LogP contribution >= 0.6 is 0 Å². The average molecular weight is 451 g/mol. The van der Waals surface area contributed by atoms with Crippen molar-refractivity contribution in [2.75, 3.05) is 32.8 Å². The van der Waals surface area contributed by atoms with Gasteiger partial charge in [-0.25, -0.2) is 4.39 Å². The molecule has 0 aromatic heterocycles. The van der Waals surface area contributed by atoms with Crippen LogP contribution < -0.4 is 15.6 Å². The van der Waals surface area contributed by atoms with E-state index in [1.54, 1.807) is 13.0 Å². The Kier molecular flexibility index (Phi) is 8.99. The summed E-state index contributed by atoms with van der Waals surface area (Å²) in [6, 6.07) is 3.82. The first-order valence-corrected chi connectivity index (χ1v) is 11.5. The minimum absolute atomic E-state index is 0.0567. The smallest absolute Gasteiger partial charge is 0.254 e. The summed E-state index contributed by atoms with van der Waals surface area (Å²) in [4.78, 5) is 19.9. The summed E-state index contributed by atoms with van der Waals surface area (Å²) < 4.78 is 19.9. The topological polar surface area (TPSA) is 86.3 Å². The lowest BCUT2D eigenvalue weighted by atomic mass is 9.92. The number of nitrogens with one attached hydrogen (secondary N) is 2. The number of ether oxygens (including phenoxy) is 1. The normalized spacial score (nSPS) is 17.7. The predicted octanol–water partition coefficient (Wildman–Crippen LogP) is 2.77. The number of piperidine rings is 1. The lowest BCUT2D eigenvalue weighted by Gasteiger charge is -2.32. The number of hydrogen-bond acceptors (Lipinski definition) is 7. The number of carbonyl (C=O) groups is 1. The largest absolute Gasteiger partial charge is 0.493 e. The highest BCUT2D eigenvalue weighted by molar-refractivity contribution is 5.94. The molecule has 1 atom stereocenters. The fourth-order valence-electron chi connectivity index (χ4n) is 3.91. The number of nitrogens with zero attached hydrogens (tertiary/aromatic N) is 2. The SMILES string of the molecule is CCCN1C=C(N2CCC(CCCOc3ccc(C(=O)NC(C)CO)c(F)c3)CC2)ON1. The van der Waals surface area contributed by atoms with Crippen LogP contribution in [0, 0.1) is 11.7 Å². The monoisotopic (exact) mass is 450 g/mol. The van der Waals surface area contributed by atoms with Crippen LogP contribution in [0.15, 0.2) is 30.3 Å². The third-order valence-electron chi connectivity index (χ3n) is 5.79. The Bertz CT molecular complexity index is 783. The van der Waals surface area contributed by atoms with Crippen molar-refractivity contribution in [2.45, 2.75) is 52.0 Å². The van der Waals surface area contributed by atoms with Crippen molar-refractivity contribution in [1.29, 1.82) is 0 Å². The zero-order valence-corrected chi connectivity index (χ0v) is 19.0. The maximum absolute atomic E-state index is 14.3. The number of halogens is 1. The van der Waals surface area contributed by atoms with Crippen molar-refractivity contribution in [3.8, 4) is 5.75 Å². The Labute approximate surface area is 189 Å². The van der Waals surface area contributed by atoms with E-state index >= 15 is 0 Å². The van der Waals surface area contributed by atoms with Gasteiger partial charge in [0.05, 0.1) is 25.0 Å². The molecule has 1 aromatic rings. The minimum Gasteiger partial charge on any atom is -0.493 e. The molecule has 1 aromatic carbocycles. The highest BCUT2D eigenvalue weighted by Gasteiger charge is 2.25. The van der Waals surface area contributed by atoms with Crippen molar-refractivity contribution in [1.82, 2.24) is 20.8 Å². The lowest BCUT2D eigenvalue weighted by molar-refractivity contribution is -0.0152. The number of hydrogen-bond donors (Lipinski definition) is 3. The highest BCUT2D eigenvalue weighted by Crippen LogP contribution is 2.26. The maximum atomic E-state index is 14.3. The van der Waals surface area contributed by atoms with Gasteiger partial charge < -0.3 is 24.9 Å². The molecule has 2 aliphatic heterocycles. The second-order valence-corrected chi connectivity index (χ2v) is 8.47. The first-order chi connectivity index (χ1) is 15.5. The zero-order chi connectivity index (χ0) is 22.9. The van der Waals surface area contributed by atoms with E-state index in [0.29, 0.717) is 18.3 Å². The molecule has 178 valence electrons. The molecule has 2 heterocycles. The van der Waals surface area contributed by atoms with Gasteiger partial charge in [0.2, 0.25) is 5.88 Å². The molecule has 32 heavy (non-hydrogen) atoms. The molecule has 0 aliphatic carbocycles. The first-order valence-electron chi connectivity index (χ1n) is 11.5. The van der Waals surface area contributed by atoms with Gasteiger partial charge in [-0.05, 0) is 57.1 Å². The third-order valence-corrected chi connectivity index (χ3v) is 5.79. The Morgan fingerprint density at radius 3 is 2.88 bits per heavy atom. The number of rotatable bonds is 11. The van der Waals surface area contributed by atoms with Crippen LogP contribution in [0.4, 0.5) is 4.39 Å². The molecule has 0 saturated carbocycles. The van der Waals surface area contributed by atoms with Crippen LogP contribution in [-0.2, 0) is 4.84 Å². The standard InChI is InChI=1S/C23H35FN4O4/c1-3-10-28-15-22(32-26-28)27-11-8-18(9-12-27)5-4-13-31-19-6-7-20(21(24)14-19)23(30)25-17(2)16-29/h6-7,14-15,17-18,26,29H,3-5,8-13,16H2,1-2H3,(H,25,30). The van der Waals surface area contributed by atoms with E-state index < -0.39 is 17.8 Å². The number of aliphatic hydroxyl groups excluding tert-OH is 1. The van der Waals surface area contributed by atoms with Gasteiger partial charge in [0.25, 0.3) is 5.91 Å². The molecule has 3 N–H and O–H groups in total. The van der Waals surface area contributed by atoms with E-state index in [9.17, 15) is 9.18 Å². The molecule has 2 aliphatic rings. The number of likely N-dealkylation sites (tertiary alicyclic amines) is 1. The molecule has 1 saturated heterocycles. The first kappa shape index (κ1) is 24.1. The van der Waals surface area contributed by atoms with Gasteiger partial charge in [0.1, 0.15) is 11.6 Å². The Hall–Kier alpha value is -2.52. The van der Waals surface area contributed by atoms with E-state index in [1.165, 1.54) is 12.1 Å². The quantitative estimate of drug-likeness (QED) is 0.447. The summed E-state index contributed by atoms with van der Waals surface area (Å²) in [6.45, 7) is 6.96. The van der Waals surface area contributed by atoms with Crippen LogP contribution in [-0.4, -0.2) is 59.8 Å². The number of amides is 1. The fourth-order valence-corrected chi connectivity index (χ4v) is 3.91. The summed E-state index contributed by atoms with van der Waals surface area (Å²) in [6.07, 6.45) is 7.27. The molecular formula is C23H35FN4O4. The number of benzene rings is 1. The molecular weight excluding hydrogens is 415 g/mol. The van der Waals surface area contributed by atoms with Gasteiger partial charge in [0.15, 0.2) is 0 Å². The van der Waals surface area contributed by atoms with E-state index in [4.69, 9.17) is 14.7 Å². The maximum Gasteiger partial charge on any atom is 0.254 e. The molecule has 1 amide bonds. The highest BCUT2D eigenvalue weighted by atomic mass is 19.1. The summed E-state index contributed by atoms with van der Waals surface area (Å²) in [5, 5.41) is 13.5. The van der Waals surface area contributed by atoms with Gasteiger partial charge in [-0.2, -0.15) is 0 Å². The molecule has 0 radical (unpaired) electrons. The average Bonchev–Trinajstić information content (AvgIpc) is 3.26. The fraction of sp³-hybridized carbons (Fsp3) is 0.609. The summed E-state index contributed by atoms with van der Waals surface area (Å²) in [5.74, 6) is 0.777. The molecule has 8 nitrogen and oxygen atoms in total. The third kappa shape index (κ3) is 6.74. The molecule has 0 bridgehead atoms. The molecule has 1 unspecified atom stereocenters. The van der Waals surface area contributed by atoms with Crippen molar-refractivity contribution in [3.05, 3.63) is 41.7 Å². The Balaban J connectivity index is 1.35. The van der Waals surface area contributed by atoms with E-state index in [1.807, 2.05) is 11.2 Å². The van der Waals surface area contributed by atoms with Crippen LogP contribution in [0.1, 0.15) is 56.3 Å². The van der Waals surface area contributed by atoms with Crippen molar-refractivity contribution >= 4 is 5.91 Å². The second-order valence-electron chi connectivity index (χ2n) is 8.47. The summed E-state index contributed by atoms with van der Waals surface area (Å²) in [7, 11) is 0. The second kappa shape index (κ2) is 11.9. The van der Waals surface area contributed by atoms with Gasteiger partial charge >= 0.3 is 0 Å². The molecule has 0 spiro atoms. The number of hydrazine groups is 1. The van der Waals surface area contributed by atoms with Crippen LogP contribution in [0.5, 0.6) is 5.75 Å². The molecule has 9 heteroatoms. The Morgan fingerprint density at radius 1 is 1.41 bits per heavy atom. The van der Waals surface area contributed by atoms with Crippen molar-refractivity contribution < 1.29 is 23.9 Å². The van der Waals surface area contributed by atoms with Crippen LogP contribution in [0.25, 0.3) is 0 Å². The van der Waals surface area contributed by atoms with Gasteiger partial charge in [-0.3, -0.25) is 9.80 Å². The predicted molar refractivity (Wildman–Crippen MR) is 119 cm³/mol. The van der Waals surface area contributed by atoms with Gasteiger partial charge in [-0.15, -0.1) is 0 Å². The minimum atomic E-state index is -0.632. The Morgan fingerprint density at radius 2 is 2.19 bits per heavy atom. The number of aliphatic hydroxyl groups is 1. The van der Waals surface area contributed by atoms with E-state index in [2.05, 4.69) is 22.7 Å². The summed E-state index contributed by atoms with van der Waals surface area (Å²) >= 11 is 0. The van der Waals surface area contributed by atoms with E-state index in [-0.39, 0.29) is 12.2 Å². The molecule has 3 rings (SSSR count).